The van der Waals surface area contributed by atoms with Crippen molar-refractivity contribution in [3.8, 4) is 0 Å². The monoisotopic (exact) mass is 212 g/mol. The lowest BCUT2D eigenvalue weighted by Gasteiger charge is -2.35. The molecule has 1 saturated carbocycles. The summed E-state index contributed by atoms with van der Waals surface area (Å²) in [6.45, 7) is 1.14. The highest BCUT2D eigenvalue weighted by atomic mass is 16.3. The van der Waals surface area contributed by atoms with Crippen molar-refractivity contribution in [3.05, 3.63) is 0 Å². The van der Waals surface area contributed by atoms with Gasteiger partial charge < -0.3 is 15.7 Å². The molecule has 0 aromatic carbocycles. The SMILES string of the molecule is NC1(C(=O)N2CC[C@@H](O)C2)CCCCC1. The average molecular weight is 212 g/mol. The van der Waals surface area contributed by atoms with Crippen LogP contribution in [0, 0.1) is 0 Å². The van der Waals surface area contributed by atoms with E-state index >= 15 is 0 Å². The standard InChI is InChI=1S/C11H20N2O2/c12-11(5-2-1-3-6-11)10(15)13-7-4-9(14)8-13/h9,14H,1-8,12H2/t9-/m1/s1. The molecule has 3 N–H and O–H groups in total. The minimum Gasteiger partial charge on any atom is -0.391 e. The van der Waals surface area contributed by atoms with Crippen molar-refractivity contribution in [2.75, 3.05) is 13.1 Å². The lowest BCUT2D eigenvalue weighted by atomic mass is 9.81. The van der Waals surface area contributed by atoms with Gasteiger partial charge in [0.15, 0.2) is 0 Å². The Bertz CT molecular complexity index is 249. The van der Waals surface area contributed by atoms with Crippen molar-refractivity contribution in [3.63, 3.8) is 0 Å². The Morgan fingerprint density at radius 2 is 2.00 bits per heavy atom. The number of likely N-dealkylation sites (tertiary alicyclic amines) is 1. The molecular weight excluding hydrogens is 192 g/mol. The van der Waals surface area contributed by atoms with E-state index in [1.54, 1.807) is 4.90 Å². The minimum atomic E-state index is -0.637. The number of nitrogens with zero attached hydrogens (tertiary/aromatic N) is 1. The van der Waals surface area contributed by atoms with Gasteiger partial charge in [-0.3, -0.25) is 4.79 Å². The second kappa shape index (κ2) is 4.10. The van der Waals surface area contributed by atoms with E-state index in [0.29, 0.717) is 19.5 Å². The van der Waals surface area contributed by atoms with Gasteiger partial charge in [0.2, 0.25) is 5.91 Å². The zero-order valence-corrected chi connectivity index (χ0v) is 9.11. The predicted octanol–water partition coefficient (Wildman–Crippen LogP) is 0.241. The Kier molecular flexibility index (Phi) is 2.98. The zero-order chi connectivity index (χ0) is 10.9. The molecule has 0 radical (unpaired) electrons. The molecule has 1 aliphatic carbocycles. The Balaban J connectivity index is 1.99. The molecule has 15 heavy (non-hydrogen) atoms. The summed E-state index contributed by atoms with van der Waals surface area (Å²) in [4.78, 5) is 13.9. The van der Waals surface area contributed by atoms with Gasteiger partial charge in [0.25, 0.3) is 0 Å². The molecule has 0 bridgehead atoms. The third-order valence-electron chi connectivity index (χ3n) is 3.62. The Morgan fingerprint density at radius 3 is 2.53 bits per heavy atom. The number of hydrogen-bond acceptors (Lipinski definition) is 3. The summed E-state index contributed by atoms with van der Waals surface area (Å²) in [5, 5.41) is 9.40. The molecule has 0 aromatic heterocycles. The summed E-state index contributed by atoms with van der Waals surface area (Å²) in [6, 6.07) is 0. The number of β-amino-alcohol motifs (C(OH)–C–C–N with tert-alkyl or cyclic N) is 1. The molecule has 1 aliphatic heterocycles. The molecule has 2 fully saturated rings. The molecule has 2 rings (SSSR count). The number of amides is 1. The molecule has 2 aliphatic rings. The smallest absolute Gasteiger partial charge is 0.242 e. The normalized spacial score (nSPS) is 30.5. The first-order valence-electron chi connectivity index (χ1n) is 5.88. The van der Waals surface area contributed by atoms with Crippen molar-refractivity contribution >= 4 is 5.91 Å². The molecule has 1 atom stereocenters. The fourth-order valence-electron chi connectivity index (χ4n) is 2.64. The predicted molar refractivity (Wildman–Crippen MR) is 57.2 cm³/mol. The van der Waals surface area contributed by atoms with E-state index < -0.39 is 5.54 Å². The molecule has 1 amide bonds. The van der Waals surface area contributed by atoms with Crippen LogP contribution in [-0.4, -0.2) is 40.6 Å². The summed E-state index contributed by atoms with van der Waals surface area (Å²) in [7, 11) is 0. The second-order valence-electron chi connectivity index (χ2n) is 4.91. The Labute approximate surface area is 90.4 Å². The van der Waals surface area contributed by atoms with E-state index in [1.807, 2.05) is 0 Å². The number of aliphatic hydroxyl groups is 1. The van der Waals surface area contributed by atoms with Gasteiger partial charge in [-0.2, -0.15) is 0 Å². The first-order valence-corrected chi connectivity index (χ1v) is 5.88. The van der Waals surface area contributed by atoms with Crippen molar-refractivity contribution in [2.45, 2.75) is 50.2 Å². The number of rotatable bonds is 1. The van der Waals surface area contributed by atoms with Gasteiger partial charge in [0, 0.05) is 13.1 Å². The summed E-state index contributed by atoms with van der Waals surface area (Å²) < 4.78 is 0. The van der Waals surface area contributed by atoms with Crippen molar-refractivity contribution in [1.82, 2.24) is 4.90 Å². The highest BCUT2D eigenvalue weighted by Gasteiger charge is 2.40. The van der Waals surface area contributed by atoms with E-state index in [-0.39, 0.29) is 12.0 Å². The molecule has 1 heterocycles. The first kappa shape index (κ1) is 10.9. The summed E-state index contributed by atoms with van der Waals surface area (Å²) in [5.74, 6) is 0.0544. The minimum absolute atomic E-state index is 0.0544. The third kappa shape index (κ3) is 2.16. The fraction of sp³-hybridized carbons (Fsp3) is 0.909. The highest BCUT2D eigenvalue weighted by molar-refractivity contribution is 5.86. The van der Waals surface area contributed by atoms with Crippen molar-refractivity contribution < 1.29 is 9.90 Å². The molecule has 0 unspecified atom stereocenters. The van der Waals surface area contributed by atoms with Crippen LogP contribution < -0.4 is 5.73 Å². The van der Waals surface area contributed by atoms with Crippen LogP contribution in [0.4, 0.5) is 0 Å². The number of carbonyl (C=O) groups excluding carboxylic acids is 1. The maximum absolute atomic E-state index is 12.2. The van der Waals surface area contributed by atoms with E-state index in [2.05, 4.69) is 0 Å². The van der Waals surface area contributed by atoms with Crippen LogP contribution in [-0.2, 0) is 4.79 Å². The maximum Gasteiger partial charge on any atom is 0.242 e. The van der Waals surface area contributed by atoms with Gasteiger partial charge in [-0.15, -0.1) is 0 Å². The first-order chi connectivity index (χ1) is 7.12. The van der Waals surface area contributed by atoms with E-state index in [0.717, 1.165) is 25.7 Å². The number of carbonyl (C=O) groups is 1. The van der Waals surface area contributed by atoms with Gasteiger partial charge in [-0.05, 0) is 19.3 Å². The second-order valence-corrected chi connectivity index (χ2v) is 4.91. The van der Waals surface area contributed by atoms with Crippen LogP contribution in [0.1, 0.15) is 38.5 Å². The van der Waals surface area contributed by atoms with Crippen LogP contribution in [0.25, 0.3) is 0 Å². The van der Waals surface area contributed by atoms with Crippen LogP contribution in [0.2, 0.25) is 0 Å². The lowest BCUT2D eigenvalue weighted by molar-refractivity contribution is -0.137. The van der Waals surface area contributed by atoms with E-state index in [9.17, 15) is 9.90 Å². The topological polar surface area (TPSA) is 66.6 Å². The molecule has 0 spiro atoms. The summed E-state index contributed by atoms with van der Waals surface area (Å²) >= 11 is 0. The van der Waals surface area contributed by atoms with Gasteiger partial charge in [0.05, 0.1) is 11.6 Å². The lowest BCUT2D eigenvalue weighted by Crippen LogP contribution is -2.55. The van der Waals surface area contributed by atoms with Crippen LogP contribution in [0.15, 0.2) is 0 Å². The van der Waals surface area contributed by atoms with Crippen LogP contribution in [0.3, 0.4) is 0 Å². The van der Waals surface area contributed by atoms with E-state index in [4.69, 9.17) is 5.73 Å². The molecule has 0 aromatic rings. The molecule has 4 heteroatoms. The number of hydrogen-bond donors (Lipinski definition) is 2. The molecular formula is C11H20N2O2. The average Bonchev–Trinajstić information content (AvgIpc) is 2.65. The molecule has 4 nitrogen and oxygen atoms in total. The Hall–Kier alpha value is -0.610. The van der Waals surface area contributed by atoms with Crippen LogP contribution in [0.5, 0.6) is 0 Å². The summed E-state index contributed by atoms with van der Waals surface area (Å²) in [5.41, 5.74) is 5.52. The van der Waals surface area contributed by atoms with Gasteiger partial charge in [-0.25, -0.2) is 0 Å². The third-order valence-corrected chi connectivity index (χ3v) is 3.62. The van der Waals surface area contributed by atoms with Gasteiger partial charge in [-0.1, -0.05) is 19.3 Å². The molecule has 86 valence electrons. The highest BCUT2D eigenvalue weighted by Crippen LogP contribution is 2.28. The largest absolute Gasteiger partial charge is 0.391 e. The zero-order valence-electron chi connectivity index (χ0n) is 9.11. The van der Waals surface area contributed by atoms with Crippen molar-refractivity contribution in [1.29, 1.82) is 0 Å². The maximum atomic E-state index is 12.2. The van der Waals surface area contributed by atoms with Crippen molar-refractivity contribution in [2.24, 2.45) is 5.73 Å². The van der Waals surface area contributed by atoms with E-state index in [1.165, 1.54) is 6.42 Å². The fourth-order valence-corrected chi connectivity index (χ4v) is 2.64. The summed E-state index contributed by atoms with van der Waals surface area (Å²) in [6.07, 6.45) is 5.26. The Morgan fingerprint density at radius 1 is 1.33 bits per heavy atom. The number of nitrogens with two attached hydrogens (primary N) is 1. The van der Waals surface area contributed by atoms with Gasteiger partial charge >= 0.3 is 0 Å². The van der Waals surface area contributed by atoms with Gasteiger partial charge in [0.1, 0.15) is 0 Å². The quantitative estimate of drug-likeness (QED) is 0.654. The molecule has 1 saturated heterocycles. The number of aliphatic hydroxyl groups excluding tert-OH is 1. The van der Waals surface area contributed by atoms with Crippen LogP contribution >= 0.6 is 0 Å².